The Bertz CT molecular complexity index is 358. The number of rotatable bonds is 11. The van der Waals surface area contributed by atoms with Gasteiger partial charge in [0.15, 0.2) is 0 Å². The Kier molecular flexibility index (Phi) is 9.04. The van der Waals surface area contributed by atoms with E-state index >= 15 is 0 Å². The molecule has 0 aliphatic rings. The van der Waals surface area contributed by atoms with E-state index in [1.54, 1.807) is 0 Å². The number of hydrogen-bond acceptors (Lipinski definition) is 4. The second-order valence-corrected chi connectivity index (χ2v) is 4.93. The summed E-state index contributed by atoms with van der Waals surface area (Å²) >= 11 is 0. The molecule has 0 atom stereocenters. The van der Waals surface area contributed by atoms with E-state index in [1.807, 2.05) is 24.3 Å². The quantitative estimate of drug-likeness (QED) is 0.609. The van der Waals surface area contributed by atoms with Gasteiger partial charge in [-0.2, -0.15) is 0 Å². The molecule has 1 aromatic rings. The molecular formula is C16H28N2O2. The maximum absolute atomic E-state index is 9.05. The summed E-state index contributed by atoms with van der Waals surface area (Å²) in [6.07, 6.45) is 3.32. The molecule has 4 nitrogen and oxygen atoms in total. The van der Waals surface area contributed by atoms with Gasteiger partial charge in [0.25, 0.3) is 0 Å². The van der Waals surface area contributed by atoms with Gasteiger partial charge < -0.3 is 20.5 Å². The van der Waals surface area contributed by atoms with E-state index in [9.17, 15) is 0 Å². The van der Waals surface area contributed by atoms with E-state index in [1.165, 1.54) is 12.8 Å². The van der Waals surface area contributed by atoms with Crippen LogP contribution in [0.1, 0.15) is 31.7 Å². The topological polar surface area (TPSA) is 58.7 Å². The van der Waals surface area contributed by atoms with Crippen LogP contribution in [0.3, 0.4) is 0 Å². The van der Waals surface area contributed by atoms with Crippen molar-refractivity contribution in [3.05, 3.63) is 29.8 Å². The first-order valence-corrected chi connectivity index (χ1v) is 7.55. The summed E-state index contributed by atoms with van der Waals surface area (Å²) in [5.74, 6) is 0.886. The van der Waals surface area contributed by atoms with Crippen molar-refractivity contribution in [3.63, 3.8) is 0 Å². The fourth-order valence-electron chi connectivity index (χ4n) is 2.14. The molecule has 0 aliphatic heterocycles. The molecule has 0 heterocycles. The Balaban J connectivity index is 2.28. The van der Waals surface area contributed by atoms with Gasteiger partial charge >= 0.3 is 0 Å². The van der Waals surface area contributed by atoms with E-state index in [4.69, 9.17) is 15.6 Å². The Labute approximate surface area is 122 Å². The first-order chi connectivity index (χ1) is 9.81. The van der Waals surface area contributed by atoms with Crippen molar-refractivity contribution in [1.82, 2.24) is 4.90 Å². The van der Waals surface area contributed by atoms with Gasteiger partial charge in [0.2, 0.25) is 0 Å². The molecular weight excluding hydrogens is 252 g/mol. The lowest BCUT2D eigenvalue weighted by Gasteiger charge is -2.21. The van der Waals surface area contributed by atoms with Gasteiger partial charge in [0.1, 0.15) is 5.75 Å². The summed E-state index contributed by atoms with van der Waals surface area (Å²) in [5.41, 5.74) is 6.73. The van der Waals surface area contributed by atoms with Gasteiger partial charge in [-0.05, 0) is 25.5 Å². The van der Waals surface area contributed by atoms with Crippen LogP contribution in [-0.4, -0.2) is 42.9 Å². The van der Waals surface area contributed by atoms with E-state index in [0.717, 1.165) is 37.4 Å². The van der Waals surface area contributed by atoms with Gasteiger partial charge in [-0.1, -0.05) is 31.5 Å². The predicted octanol–water partition coefficient (Wildman–Crippen LogP) is 2.01. The molecule has 0 amide bonds. The smallest absolute Gasteiger partial charge is 0.123 e. The highest BCUT2D eigenvalue weighted by Crippen LogP contribution is 2.17. The first-order valence-electron chi connectivity index (χ1n) is 7.55. The number of ether oxygens (including phenoxy) is 1. The number of para-hydroxylation sites is 1. The zero-order valence-corrected chi connectivity index (χ0v) is 12.6. The number of aliphatic hydroxyl groups excluding tert-OH is 1. The van der Waals surface area contributed by atoms with Crippen molar-refractivity contribution in [3.8, 4) is 5.75 Å². The molecule has 0 aliphatic carbocycles. The molecule has 0 unspecified atom stereocenters. The van der Waals surface area contributed by atoms with Crippen LogP contribution >= 0.6 is 0 Å². The lowest BCUT2D eigenvalue weighted by atomic mass is 10.2. The highest BCUT2D eigenvalue weighted by atomic mass is 16.5. The van der Waals surface area contributed by atoms with E-state index in [-0.39, 0.29) is 6.61 Å². The third-order valence-corrected chi connectivity index (χ3v) is 3.31. The fourth-order valence-corrected chi connectivity index (χ4v) is 2.14. The second kappa shape index (κ2) is 10.7. The molecule has 0 radical (unpaired) electrons. The van der Waals surface area contributed by atoms with Gasteiger partial charge in [0.05, 0.1) is 13.2 Å². The largest absolute Gasteiger partial charge is 0.493 e. The van der Waals surface area contributed by atoms with Crippen molar-refractivity contribution in [2.24, 2.45) is 5.73 Å². The monoisotopic (exact) mass is 280 g/mol. The third-order valence-electron chi connectivity index (χ3n) is 3.31. The maximum Gasteiger partial charge on any atom is 0.123 e. The molecule has 0 aromatic heterocycles. The highest BCUT2D eigenvalue weighted by Gasteiger charge is 2.04. The number of benzene rings is 1. The summed E-state index contributed by atoms with van der Waals surface area (Å²) in [7, 11) is 0. The number of hydrogen-bond donors (Lipinski definition) is 2. The molecule has 3 N–H and O–H groups in total. The van der Waals surface area contributed by atoms with Crippen molar-refractivity contribution in [2.75, 3.05) is 32.8 Å². The average molecular weight is 280 g/mol. The Hall–Kier alpha value is -1.10. The van der Waals surface area contributed by atoms with E-state index in [2.05, 4.69) is 11.8 Å². The minimum absolute atomic E-state index is 0.223. The molecule has 0 saturated heterocycles. The summed E-state index contributed by atoms with van der Waals surface area (Å²) in [5, 5.41) is 9.05. The first kappa shape index (κ1) is 17.0. The second-order valence-electron chi connectivity index (χ2n) is 4.93. The van der Waals surface area contributed by atoms with Crippen molar-refractivity contribution < 1.29 is 9.84 Å². The van der Waals surface area contributed by atoms with Gasteiger partial charge in [-0.15, -0.1) is 0 Å². The maximum atomic E-state index is 9.05. The Morgan fingerprint density at radius 1 is 1.15 bits per heavy atom. The zero-order chi connectivity index (χ0) is 14.6. The molecule has 0 saturated carbocycles. The van der Waals surface area contributed by atoms with Gasteiger partial charge in [0, 0.05) is 25.2 Å². The van der Waals surface area contributed by atoms with Gasteiger partial charge in [-0.25, -0.2) is 0 Å². The summed E-state index contributed by atoms with van der Waals surface area (Å²) in [6, 6.07) is 7.90. The van der Waals surface area contributed by atoms with Crippen LogP contribution in [0.5, 0.6) is 5.75 Å². The molecule has 0 spiro atoms. The molecule has 1 rings (SSSR count). The summed E-state index contributed by atoms with van der Waals surface area (Å²) < 4.78 is 5.79. The van der Waals surface area contributed by atoms with E-state index in [0.29, 0.717) is 13.2 Å². The van der Waals surface area contributed by atoms with Crippen molar-refractivity contribution in [1.29, 1.82) is 0 Å². The zero-order valence-electron chi connectivity index (χ0n) is 12.6. The summed E-state index contributed by atoms with van der Waals surface area (Å²) in [6.45, 7) is 6.36. The van der Waals surface area contributed by atoms with Crippen LogP contribution in [0.25, 0.3) is 0 Å². The van der Waals surface area contributed by atoms with Crippen LogP contribution in [0.2, 0.25) is 0 Å². The molecule has 0 bridgehead atoms. The molecule has 4 heteroatoms. The number of nitrogens with two attached hydrogens (primary N) is 1. The van der Waals surface area contributed by atoms with Crippen LogP contribution in [0.4, 0.5) is 0 Å². The SMILES string of the molecule is CCCCN(CCO)CCCOc1ccccc1CN. The number of unbranched alkanes of at least 4 members (excludes halogenated alkanes) is 1. The lowest BCUT2D eigenvalue weighted by Crippen LogP contribution is -2.30. The van der Waals surface area contributed by atoms with Crippen LogP contribution < -0.4 is 10.5 Å². The number of aliphatic hydroxyl groups is 1. The highest BCUT2D eigenvalue weighted by molar-refractivity contribution is 5.32. The fraction of sp³-hybridized carbons (Fsp3) is 0.625. The Morgan fingerprint density at radius 3 is 2.60 bits per heavy atom. The van der Waals surface area contributed by atoms with Crippen LogP contribution in [0, 0.1) is 0 Å². The third kappa shape index (κ3) is 6.37. The molecule has 20 heavy (non-hydrogen) atoms. The molecule has 1 aromatic carbocycles. The number of nitrogens with zero attached hydrogens (tertiary/aromatic N) is 1. The Morgan fingerprint density at radius 2 is 1.90 bits per heavy atom. The van der Waals surface area contributed by atoms with Gasteiger partial charge in [-0.3, -0.25) is 0 Å². The predicted molar refractivity (Wildman–Crippen MR) is 82.9 cm³/mol. The van der Waals surface area contributed by atoms with Crippen LogP contribution in [-0.2, 0) is 6.54 Å². The molecule has 0 fully saturated rings. The lowest BCUT2D eigenvalue weighted by molar-refractivity contribution is 0.181. The summed E-state index contributed by atoms with van der Waals surface area (Å²) in [4.78, 5) is 2.29. The van der Waals surface area contributed by atoms with Crippen LogP contribution in [0.15, 0.2) is 24.3 Å². The molecule has 114 valence electrons. The van der Waals surface area contributed by atoms with Crippen molar-refractivity contribution >= 4 is 0 Å². The standard InChI is InChI=1S/C16H28N2O2/c1-2-3-9-18(11-12-19)10-6-13-20-16-8-5-4-7-15(16)14-17/h4-5,7-8,19H,2-3,6,9-14,17H2,1H3. The van der Waals surface area contributed by atoms with Crippen molar-refractivity contribution in [2.45, 2.75) is 32.7 Å². The van der Waals surface area contributed by atoms with E-state index < -0.39 is 0 Å². The average Bonchev–Trinajstić information content (AvgIpc) is 2.49. The minimum Gasteiger partial charge on any atom is -0.493 e. The minimum atomic E-state index is 0.223. The normalized spacial score (nSPS) is 11.0.